The molecule has 0 fully saturated rings. The van der Waals surface area contributed by atoms with Crippen molar-refractivity contribution in [3.63, 3.8) is 0 Å². The molecule has 0 atom stereocenters. The van der Waals surface area contributed by atoms with E-state index in [1.165, 1.54) is 11.3 Å². The van der Waals surface area contributed by atoms with E-state index in [0.717, 1.165) is 13.0 Å². The molecule has 3 nitrogen and oxygen atoms in total. The Labute approximate surface area is 97.7 Å². The SMILES string of the molecule is CCc1ccc(N(C)CCOCCO)cc1. The molecule has 3 heteroatoms. The highest BCUT2D eigenvalue weighted by Crippen LogP contribution is 2.13. The summed E-state index contributed by atoms with van der Waals surface area (Å²) >= 11 is 0. The molecule has 0 radical (unpaired) electrons. The maximum Gasteiger partial charge on any atom is 0.0698 e. The number of aryl methyl sites for hydroxylation is 1. The third-order valence-electron chi connectivity index (χ3n) is 2.59. The molecule has 90 valence electrons. The van der Waals surface area contributed by atoms with Gasteiger partial charge < -0.3 is 14.7 Å². The van der Waals surface area contributed by atoms with Gasteiger partial charge in [-0.2, -0.15) is 0 Å². The number of ether oxygens (including phenoxy) is 1. The molecule has 0 aliphatic heterocycles. The third kappa shape index (κ3) is 4.21. The highest BCUT2D eigenvalue weighted by molar-refractivity contribution is 5.46. The Morgan fingerprint density at radius 3 is 2.44 bits per heavy atom. The van der Waals surface area contributed by atoms with Gasteiger partial charge in [-0.05, 0) is 24.1 Å². The lowest BCUT2D eigenvalue weighted by atomic mass is 10.1. The maximum atomic E-state index is 8.57. The van der Waals surface area contributed by atoms with E-state index < -0.39 is 0 Å². The number of hydrogen-bond acceptors (Lipinski definition) is 3. The average molecular weight is 223 g/mol. The van der Waals surface area contributed by atoms with E-state index in [9.17, 15) is 0 Å². The minimum absolute atomic E-state index is 0.0922. The van der Waals surface area contributed by atoms with Crippen LogP contribution >= 0.6 is 0 Å². The number of aliphatic hydroxyl groups is 1. The van der Waals surface area contributed by atoms with Crippen molar-refractivity contribution < 1.29 is 9.84 Å². The van der Waals surface area contributed by atoms with E-state index >= 15 is 0 Å². The third-order valence-corrected chi connectivity index (χ3v) is 2.59. The summed E-state index contributed by atoms with van der Waals surface area (Å²) in [5.74, 6) is 0. The summed E-state index contributed by atoms with van der Waals surface area (Å²) < 4.78 is 5.23. The van der Waals surface area contributed by atoms with Crippen LogP contribution in [0.2, 0.25) is 0 Å². The Bertz CT molecular complexity index is 284. The maximum absolute atomic E-state index is 8.57. The van der Waals surface area contributed by atoms with Gasteiger partial charge >= 0.3 is 0 Å². The average Bonchev–Trinajstić information content (AvgIpc) is 2.34. The number of benzene rings is 1. The first-order chi connectivity index (χ1) is 7.77. The van der Waals surface area contributed by atoms with Gasteiger partial charge in [0.2, 0.25) is 0 Å². The van der Waals surface area contributed by atoms with E-state index in [4.69, 9.17) is 9.84 Å². The number of anilines is 1. The molecule has 0 spiro atoms. The van der Waals surface area contributed by atoms with Gasteiger partial charge in [-0.15, -0.1) is 0 Å². The van der Waals surface area contributed by atoms with Crippen LogP contribution in [-0.2, 0) is 11.2 Å². The largest absolute Gasteiger partial charge is 0.394 e. The molecule has 0 unspecified atom stereocenters. The Morgan fingerprint density at radius 2 is 1.88 bits per heavy atom. The molecular weight excluding hydrogens is 202 g/mol. The lowest BCUT2D eigenvalue weighted by Crippen LogP contribution is -2.23. The number of hydrogen-bond donors (Lipinski definition) is 1. The summed E-state index contributed by atoms with van der Waals surface area (Å²) in [5, 5.41) is 8.57. The first-order valence-electron chi connectivity index (χ1n) is 5.76. The Hall–Kier alpha value is -1.06. The molecule has 0 saturated heterocycles. The molecule has 0 amide bonds. The predicted molar refractivity (Wildman–Crippen MR) is 67.0 cm³/mol. The van der Waals surface area contributed by atoms with Gasteiger partial charge in [-0.25, -0.2) is 0 Å². The molecular formula is C13H21NO2. The molecule has 0 bridgehead atoms. The molecule has 0 aliphatic carbocycles. The fourth-order valence-electron chi connectivity index (χ4n) is 1.48. The summed E-state index contributed by atoms with van der Waals surface area (Å²) in [6.45, 7) is 4.15. The fourth-order valence-corrected chi connectivity index (χ4v) is 1.48. The lowest BCUT2D eigenvalue weighted by Gasteiger charge is -2.19. The monoisotopic (exact) mass is 223 g/mol. The molecule has 0 saturated carbocycles. The predicted octanol–water partition coefficient (Wildman–Crippen LogP) is 1.69. The van der Waals surface area contributed by atoms with Gasteiger partial charge in [0.1, 0.15) is 0 Å². The summed E-state index contributed by atoms with van der Waals surface area (Å²) in [5.41, 5.74) is 2.55. The van der Waals surface area contributed by atoms with E-state index in [0.29, 0.717) is 13.2 Å². The van der Waals surface area contributed by atoms with Gasteiger partial charge in [-0.1, -0.05) is 19.1 Å². The Balaban J connectivity index is 2.37. The zero-order chi connectivity index (χ0) is 11.8. The lowest BCUT2D eigenvalue weighted by molar-refractivity contribution is 0.0971. The van der Waals surface area contributed by atoms with Crippen LogP contribution in [0.1, 0.15) is 12.5 Å². The minimum Gasteiger partial charge on any atom is -0.394 e. The quantitative estimate of drug-likeness (QED) is 0.714. The molecule has 1 aromatic rings. The zero-order valence-corrected chi connectivity index (χ0v) is 10.1. The van der Waals surface area contributed by atoms with Gasteiger partial charge in [-0.3, -0.25) is 0 Å². The van der Waals surface area contributed by atoms with Gasteiger partial charge in [0.05, 0.1) is 19.8 Å². The van der Waals surface area contributed by atoms with Crippen LogP contribution in [0.4, 0.5) is 5.69 Å². The van der Waals surface area contributed by atoms with E-state index in [-0.39, 0.29) is 6.61 Å². The van der Waals surface area contributed by atoms with Crippen LogP contribution in [0.25, 0.3) is 0 Å². The van der Waals surface area contributed by atoms with Crippen LogP contribution in [0.15, 0.2) is 24.3 Å². The van der Waals surface area contributed by atoms with Crippen molar-refractivity contribution in [1.82, 2.24) is 0 Å². The van der Waals surface area contributed by atoms with Gasteiger partial charge in [0, 0.05) is 19.3 Å². The first-order valence-corrected chi connectivity index (χ1v) is 5.76. The summed E-state index contributed by atoms with van der Waals surface area (Å²) in [6.07, 6.45) is 1.07. The highest BCUT2D eigenvalue weighted by atomic mass is 16.5. The van der Waals surface area contributed by atoms with E-state index in [1.807, 2.05) is 7.05 Å². The Morgan fingerprint density at radius 1 is 1.19 bits per heavy atom. The number of nitrogens with zero attached hydrogens (tertiary/aromatic N) is 1. The van der Waals surface area contributed by atoms with Crippen molar-refractivity contribution >= 4 is 5.69 Å². The van der Waals surface area contributed by atoms with Crippen molar-refractivity contribution in [1.29, 1.82) is 0 Å². The molecule has 1 rings (SSSR count). The van der Waals surface area contributed by atoms with Crippen LogP contribution in [0, 0.1) is 0 Å². The minimum atomic E-state index is 0.0922. The summed E-state index contributed by atoms with van der Waals surface area (Å²) in [6, 6.07) is 8.57. The Kier molecular flexibility index (Phi) is 5.90. The smallest absolute Gasteiger partial charge is 0.0698 e. The molecule has 0 aromatic heterocycles. The fraction of sp³-hybridized carbons (Fsp3) is 0.538. The normalized spacial score (nSPS) is 10.4. The van der Waals surface area contributed by atoms with E-state index in [2.05, 4.69) is 36.1 Å². The molecule has 0 heterocycles. The van der Waals surface area contributed by atoms with E-state index in [1.54, 1.807) is 0 Å². The van der Waals surface area contributed by atoms with Gasteiger partial charge in [0.25, 0.3) is 0 Å². The zero-order valence-electron chi connectivity index (χ0n) is 10.1. The van der Waals surface area contributed by atoms with Gasteiger partial charge in [0.15, 0.2) is 0 Å². The van der Waals surface area contributed by atoms with Crippen molar-refractivity contribution in [2.24, 2.45) is 0 Å². The molecule has 1 aromatic carbocycles. The van der Waals surface area contributed by atoms with Crippen LogP contribution < -0.4 is 4.90 Å². The molecule has 1 N–H and O–H groups in total. The first kappa shape index (κ1) is 13.0. The number of rotatable bonds is 7. The second-order valence-electron chi connectivity index (χ2n) is 3.78. The number of likely N-dealkylation sites (N-methyl/N-ethyl adjacent to an activating group) is 1. The molecule has 0 aliphatic rings. The summed E-state index contributed by atoms with van der Waals surface area (Å²) in [4.78, 5) is 2.15. The highest BCUT2D eigenvalue weighted by Gasteiger charge is 2.00. The van der Waals surface area contributed by atoms with Crippen molar-refractivity contribution in [3.8, 4) is 0 Å². The second-order valence-corrected chi connectivity index (χ2v) is 3.78. The topological polar surface area (TPSA) is 32.7 Å². The van der Waals surface area contributed by atoms with Crippen LogP contribution in [-0.4, -0.2) is 38.5 Å². The second kappa shape index (κ2) is 7.25. The van der Waals surface area contributed by atoms with Crippen LogP contribution in [0.3, 0.4) is 0 Å². The van der Waals surface area contributed by atoms with Crippen molar-refractivity contribution in [2.45, 2.75) is 13.3 Å². The summed E-state index contributed by atoms with van der Waals surface area (Å²) in [7, 11) is 2.04. The van der Waals surface area contributed by atoms with Crippen molar-refractivity contribution in [3.05, 3.63) is 29.8 Å². The van der Waals surface area contributed by atoms with Crippen molar-refractivity contribution in [2.75, 3.05) is 38.3 Å². The standard InChI is InChI=1S/C13H21NO2/c1-3-12-4-6-13(7-5-12)14(2)8-10-16-11-9-15/h4-7,15H,3,8-11H2,1-2H3. The van der Waals surface area contributed by atoms with Crippen LogP contribution in [0.5, 0.6) is 0 Å². The molecule has 16 heavy (non-hydrogen) atoms. The number of aliphatic hydroxyl groups excluding tert-OH is 1.